The molecule has 2 heterocycles. The fourth-order valence-electron chi connectivity index (χ4n) is 3.43. The Bertz CT molecular complexity index is 1190. The highest BCUT2D eigenvalue weighted by molar-refractivity contribution is 5.95. The van der Waals surface area contributed by atoms with Crippen molar-refractivity contribution in [2.75, 3.05) is 11.9 Å². The zero-order valence-electron chi connectivity index (χ0n) is 15.5. The molecule has 0 radical (unpaired) electrons. The number of hydrogen-bond donors (Lipinski definition) is 1. The SMILES string of the molecule is O=C(Nc1cccc(-c2ccncc2)c1)C1COc2cc3ccccc3cc2O1. The molecule has 1 unspecified atom stereocenters. The summed E-state index contributed by atoms with van der Waals surface area (Å²) in [4.78, 5) is 16.8. The number of aromatic nitrogens is 1. The van der Waals surface area contributed by atoms with E-state index in [-0.39, 0.29) is 12.5 Å². The molecule has 29 heavy (non-hydrogen) atoms. The van der Waals surface area contributed by atoms with E-state index >= 15 is 0 Å². The van der Waals surface area contributed by atoms with Crippen molar-refractivity contribution in [3.05, 3.63) is 85.2 Å². The summed E-state index contributed by atoms with van der Waals surface area (Å²) in [5.41, 5.74) is 2.74. The second-order valence-corrected chi connectivity index (χ2v) is 6.87. The fourth-order valence-corrected chi connectivity index (χ4v) is 3.43. The van der Waals surface area contributed by atoms with Crippen LogP contribution in [0, 0.1) is 0 Å². The Morgan fingerprint density at radius 3 is 2.41 bits per heavy atom. The van der Waals surface area contributed by atoms with E-state index in [2.05, 4.69) is 10.3 Å². The molecule has 0 spiro atoms. The maximum Gasteiger partial charge on any atom is 0.269 e. The summed E-state index contributed by atoms with van der Waals surface area (Å²) in [6.45, 7) is 0.168. The Balaban J connectivity index is 1.34. The van der Waals surface area contributed by atoms with Gasteiger partial charge in [-0.05, 0) is 58.3 Å². The number of fused-ring (bicyclic) bond motifs is 2. The minimum atomic E-state index is -0.715. The van der Waals surface area contributed by atoms with Crippen LogP contribution in [0.2, 0.25) is 0 Å². The van der Waals surface area contributed by atoms with Crippen LogP contribution in [-0.4, -0.2) is 23.6 Å². The van der Waals surface area contributed by atoms with Gasteiger partial charge in [-0.3, -0.25) is 9.78 Å². The van der Waals surface area contributed by atoms with E-state index in [1.165, 1.54) is 0 Å². The number of pyridine rings is 1. The number of carbonyl (C=O) groups is 1. The number of nitrogens with zero attached hydrogens (tertiary/aromatic N) is 1. The first-order chi connectivity index (χ1) is 14.3. The van der Waals surface area contributed by atoms with E-state index in [9.17, 15) is 4.79 Å². The standard InChI is InChI=1S/C24H18N2O3/c27-24(26-20-7-3-6-17(12-20)16-8-10-25-11-9-16)23-15-28-21-13-18-4-1-2-5-19(18)14-22(21)29-23/h1-14,23H,15H2,(H,26,27). The van der Waals surface area contributed by atoms with Crippen molar-refractivity contribution in [3.8, 4) is 22.6 Å². The molecule has 0 aliphatic carbocycles. The molecule has 1 aromatic heterocycles. The Kier molecular flexibility index (Phi) is 4.33. The quantitative estimate of drug-likeness (QED) is 0.559. The molecule has 142 valence electrons. The third-order valence-electron chi connectivity index (χ3n) is 4.91. The third-order valence-corrected chi connectivity index (χ3v) is 4.91. The van der Waals surface area contributed by atoms with Gasteiger partial charge in [-0.2, -0.15) is 0 Å². The predicted octanol–water partition coefficient (Wildman–Crippen LogP) is 4.68. The molecule has 0 bridgehead atoms. The second-order valence-electron chi connectivity index (χ2n) is 6.87. The van der Waals surface area contributed by atoms with E-state index in [1.54, 1.807) is 12.4 Å². The van der Waals surface area contributed by atoms with E-state index in [0.717, 1.165) is 21.9 Å². The summed E-state index contributed by atoms with van der Waals surface area (Å²) in [5, 5.41) is 5.05. The third kappa shape index (κ3) is 3.50. The number of ether oxygens (including phenoxy) is 2. The molecule has 1 amide bonds. The number of carbonyl (C=O) groups excluding carboxylic acids is 1. The number of amides is 1. The Labute approximate surface area is 167 Å². The molecule has 1 N–H and O–H groups in total. The number of hydrogen-bond acceptors (Lipinski definition) is 4. The van der Waals surface area contributed by atoms with Crippen molar-refractivity contribution in [2.24, 2.45) is 0 Å². The average Bonchev–Trinajstić information content (AvgIpc) is 2.78. The Morgan fingerprint density at radius 2 is 1.62 bits per heavy atom. The van der Waals surface area contributed by atoms with Crippen LogP contribution in [0.15, 0.2) is 85.2 Å². The normalized spacial score (nSPS) is 15.1. The topological polar surface area (TPSA) is 60.5 Å². The van der Waals surface area contributed by atoms with Crippen LogP contribution in [0.5, 0.6) is 11.5 Å². The lowest BCUT2D eigenvalue weighted by Crippen LogP contribution is -2.40. The summed E-state index contributed by atoms with van der Waals surface area (Å²) in [5.74, 6) is 1.00. The lowest BCUT2D eigenvalue weighted by atomic mass is 10.1. The molecule has 5 heteroatoms. The number of anilines is 1. The van der Waals surface area contributed by atoms with Gasteiger partial charge in [-0.25, -0.2) is 0 Å². The second kappa shape index (κ2) is 7.28. The molecule has 1 atom stereocenters. The van der Waals surface area contributed by atoms with Crippen LogP contribution in [0.3, 0.4) is 0 Å². The highest BCUT2D eigenvalue weighted by Crippen LogP contribution is 2.36. The van der Waals surface area contributed by atoms with Gasteiger partial charge in [0.2, 0.25) is 6.10 Å². The van der Waals surface area contributed by atoms with Gasteiger partial charge in [0.25, 0.3) is 5.91 Å². The maximum atomic E-state index is 12.8. The molecule has 1 aliphatic rings. The lowest BCUT2D eigenvalue weighted by molar-refractivity contribution is -0.125. The fraction of sp³-hybridized carbons (Fsp3) is 0.0833. The van der Waals surface area contributed by atoms with Gasteiger partial charge in [-0.15, -0.1) is 0 Å². The summed E-state index contributed by atoms with van der Waals surface area (Å²) < 4.78 is 11.7. The largest absolute Gasteiger partial charge is 0.485 e. The van der Waals surface area contributed by atoms with Crippen molar-refractivity contribution in [1.82, 2.24) is 4.98 Å². The first-order valence-corrected chi connectivity index (χ1v) is 9.40. The zero-order chi connectivity index (χ0) is 19.6. The van der Waals surface area contributed by atoms with E-state index in [1.807, 2.05) is 72.8 Å². The smallest absolute Gasteiger partial charge is 0.269 e. The maximum absolute atomic E-state index is 12.8. The van der Waals surface area contributed by atoms with Gasteiger partial charge < -0.3 is 14.8 Å². The number of nitrogens with one attached hydrogen (secondary N) is 1. The van der Waals surface area contributed by atoms with Gasteiger partial charge >= 0.3 is 0 Å². The predicted molar refractivity (Wildman–Crippen MR) is 112 cm³/mol. The molecule has 1 aliphatic heterocycles. The van der Waals surface area contributed by atoms with Gasteiger partial charge in [-0.1, -0.05) is 36.4 Å². The summed E-state index contributed by atoms with van der Waals surface area (Å²) in [6.07, 6.45) is 2.78. The molecule has 0 fully saturated rings. The molecule has 5 nitrogen and oxygen atoms in total. The van der Waals surface area contributed by atoms with Gasteiger partial charge in [0.05, 0.1) is 0 Å². The Morgan fingerprint density at radius 1 is 0.862 bits per heavy atom. The van der Waals surface area contributed by atoms with Crippen molar-refractivity contribution in [3.63, 3.8) is 0 Å². The zero-order valence-corrected chi connectivity index (χ0v) is 15.5. The highest BCUT2D eigenvalue weighted by atomic mass is 16.6. The molecule has 3 aromatic carbocycles. The Hall–Kier alpha value is -3.86. The minimum absolute atomic E-state index is 0.168. The van der Waals surface area contributed by atoms with Crippen LogP contribution >= 0.6 is 0 Å². The van der Waals surface area contributed by atoms with Crippen molar-refractivity contribution >= 4 is 22.4 Å². The molecule has 0 saturated carbocycles. The van der Waals surface area contributed by atoms with Crippen molar-refractivity contribution in [1.29, 1.82) is 0 Å². The molecule has 4 aromatic rings. The van der Waals surface area contributed by atoms with E-state index in [0.29, 0.717) is 17.2 Å². The molecular formula is C24H18N2O3. The van der Waals surface area contributed by atoms with Crippen LogP contribution in [0.4, 0.5) is 5.69 Å². The van der Waals surface area contributed by atoms with Crippen molar-refractivity contribution in [2.45, 2.75) is 6.10 Å². The van der Waals surface area contributed by atoms with Crippen LogP contribution in [0.1, 0.15) is 0 Å². The minimum Gasteiger partial charge on any atom is -0.485 e. The first kappa shape index (κ1) is 17.3. The summed E-state index contributed by atoms with van der Waals surface area (Å²) in [6, 6.07) is 23.4. The molecular weight excluding hydrogens is 364 g/mol. The van der Waals surface area contributed by atoms with Crippen LogP contribution in [-0.2, 0) is 4.79 Å². The lowest BCUT2D eigenvalue weighted by Gasteiger charge is -2.26. The van der Waals surface area contributed by atoms with Crippen LogP contribution < -0.4 is 14.8 Å². The van der Waals surface area contributed by atoms with Gasteiger partial charge in [0, 0.05) is 18.1 Å². The van der Waals surface area contributed by atoms with Gasteiger partial charge in [0.1, 0.15) is 6.61 Å². The van der Waals surface area contributed by atoms with Crippen molar-refractivity contribution < 1.29 is 14.3 Å². The number of rotatable bonds is 3. The van der Waals surface area contributed by atoms with E-state index < -0.39 is 6.10 Å². The van der Waals surface area contributed by atoms with Gasteiger partial charge in [0.15, 0.2) is 11.5 Å². The highest BCUT2D eigenvalue weighted by Gasteiger charge is 2.28. The summed E-state index contributed by atoms with van der Waals surface area (Å²) >= 11 is 0. The summed E-state index contributed by atoms with van der Waals surface area (Å²) in [7, 11) is 0. The number of benzene rings is 3. The molecule has 5 rings (SSSR count). The molecule has 0 saturated heterocycles. The van der Waals surface area contributed by atoms with E-state index in [4.69, 9.17) is 9.47 Å². The van der Waals surface area contributed by atoms with Crippen LogP contribution in [0.25, 0.3) is 21.9 Å². The first-order valence-electron chi connectivity index (χ1n) is 9.40. The average molecular weight is 382 g/mol. The monoisotopic (exact) mass is 382 g/mol.